The molecule has 0 bridgehead atoms. The molecule has 0 N–H and O–H groups in total. The molecule has 0 heterocycles. The predicted molar refractivity (Wildman–Crippen MR) is 242 cm³/mol. The Morgan fingerprint density at radius 1 is 0.214 bits per heavy atom. The molecule has 10 rings (SSSR count). The van der Waals surface area contributed by atoms with Crippen molar-refractivity contribution < 1.29 is 0 Å². The van der Waals surface area contributed by atoms with Crippen LogP contribution in [0.5, 0.6) is 0 Å². The van der Waals surface area contributed by atoms with Gasteiger partial charge in [-0.15, -0.1) is 0 Å². The largest absolute Gasteiger partial charge is 0.0622 e. The van der Waals surface area contributed by atoms with Crippen molar-refractivity contribution in [3.63, 3.8) is 0 Å². The van der Waals surface area contributed by atoms with Crippen LogP contribution in [-0.4, -0.2) is 0 Å². The lowest BCUT2D eigenvalue weighted by atomic mass is 9.82. The summed E-state index contributed by atoms with van der Waals surface area (Å²) in [5.74, 6) is 0. The maximum atomic E-state index is 2.41. The Balaban J connectivity index is 1.31. The van der Waals surface area contributed by atoms with Crippen LogP contribution in [0.3, 0.4) is 0 Å². The first-order valence-electron chi connectivity index (χ1n) is 19.4. The van der Waals surface area contributed by atoms with Crippen LogP contribution in [0.1, 0.15) is 33.4 Å². The number of hydrogen-bond donors (Lipinski definition) is 0. The zero-order valence-corrected chi connectivity index (χ0v) is 30.9. The van der Waals surface area contributed by atoms with E-state index in [4.69, 9.17) is 0 Å². The van der Waals surface area contributed by atoms with Crippen molar-refractivity contribution in [2.45, 2.75) is 0 Å². The van der Waals surface area contributed by atoms with E-state index < -0.39 is 0 Å². The molecule has 56 heavy (non-hydrogen) atoms. The Hall–Kier alpha value is -7.28. The normalized spacial score (nSPS) is 11.2. The molecule has 0 heteroatoms. The molecule has 0 fully saturated rings. The smallest absolute Gasteiger partial charge is 0.00139 e. The van der Waals surface area contributed by atoms with Gasteiger partial charge in [0.25, 0.3) is 0 Å². The number of rotatable bonds is 7. The Bertz CT molecular complexity index is 2670. The second-order valence-electron chi connectivity index (χ2n) is 14.3. The Labute approximate surface area is 328 Å². The van der Waals surface area contributed by atoms with Gasteiger partial charge in [-0.05, 0) is 111 Å². The standard InChI is InChI=1S/C56H38/c1-5-21-39(22-6-1)51(40-23-7-2-8-24-40)37-53-43-29-13-17-33-47(43)55(48-34-18-14-30-44(48)53)56-49-35-19-15-31-45(49)54(46-32-16-20-36-50(46)56)38-52(41-25-9-3-10-26-41)42-27-11-4-12-28-42/h1-38H. The van der Waals surface area contributed by atoms with Gasteiger partial charge in [0.1, 0.15) is 0 Å². The van der Waals surface area contributed by atoms with Gasteiger partial charge in [-0.2, -0.15) is 0 Å². The predicted octanol–water partition coefficient (Wildman–Crippen LogP) is 15.1. The van der Waals surface area contributed by atoms with Crippen molar-refractivity contribution in [3.8, 4) is 11.1 Å². The van der Waals surface area contributed by atoms with Crippen LogP contribution >= 0.6 is 0 Å². The van der Waals surface area contributed by atoms with Crippen molar-refractivity contribution >= 4 is 66.4 Å². The van der Waals surface area contributed by atoms with Crippen LogP contribution < -0.4 is 0 Å². The highest BCUT2D eigenvalue weighted by Gasteiger charge is 2.21. The average molecular weight is 711 g/mol. The summed E-state index contributed by atoms with van der Waals surface area (Å²) in [6.07, 6.45) is 4.83. The van der Waals surface area contributed by atoms with E-state index in [1.807, 2.05) is 0 Å². The molecule has 10 aromatic rings. The fourth-order valence-corrected chi connectivity index (χ4v) is 8.60. The first kappa shape index (κ1) is 33.3. The molecule has 0 amide bonds. The van der Waals surface area contributed by atoms with E-state index in [9.17, 15) is 0 Å². The van der Waals surface area contributed by atoms with Gasteiger partial charge in [0.15, 0.2) is 0 Å². The molecule has 0 aliphatic carbocycles. The minimum atomic E-state index is 1.20. The molecule has 0 saturated carbocycles. The maximum absolute atomic E-state index is 2.41. The van der Waals surface area contributed by atoms with Gasteiger partial charge >= 0.3 is 0 Å². The second kappa shape index (κ2) is 14.5. The molecule has 0 radical (unpaired) electrons. The van der Waals surface area contributed by atoms with Crippen LogP contribution in [0.2, 0.25) is 0 Å². The Kier molecular flexibility index (Phi) is 8.63. The molecule has 0 aromatic heterocycles. The van der Waals surface area contributed by atoms with Crippen molar-refractivity contribution in [1.29, 1.82) is 0 Å². The Morgan fingerprint density at radius 2 is 0.411 bits per heavy atom. The van der Waals surface area contributed by atoms with Crippen molar-refractivity contribution in [2.24, 2.45) is 0 Å². The van der Waals surface area contributed by atoms with E-state index in [1.165, 1.54) is 98.7 Å². The lowest BCUT2D eigenvalue weighted by molar-refractivity contribution is 1.56. The third kappa shape index (κ3) is 5.89. The van der Waals surface area contributed by atoms with Crippen LogP contribution in [-0.2, 0) is 0 Å². The van der Waals surface area contributed by atoms with E-state index in [1.54, 1.807) is 0 Å². The summed E-state index contributed by atoms with van der Waals surface area (Å²) in [7, 11) is 0. The summed E-state index contributed by atoms with van der Waals surface area (Å²) in [5, 5.41) is 9.90. The van der Waals surface area contributed by atoms with Crippen LogP contribution in [0.4, 0.5) is 0 Å². The molecule has 0 atom stereocenters. The van der Waals surface area contributed by atoms with E-state index in [-0.39, 0.29) is 0 Å². The summed E-state index contributed by atoms with van der Waals surface area (Å²) >= 11 is 0. The van der Waals surface area contributed by atoms with E-state index >= 15 is 0 Å². The van der Waals surface area contributed by atoms with Crippen LogP contribution in [0.15, 0.2) is 218 Å². The molecule has 262 valence electrons. The maximum Gasteiger partial charge on any atom is -0.00139 e. The lowest BCUT2D eigenvalue weighted by Gasteiger charge is -2.21. The van der Waals surface area contributed by atoms with Gasteiger partial charge in [0.05, 0.1) is 0 Å². The highest BCUT2D eigenvalue weighted by Crippen LogP contribution is 2.48. The molecule has 0 nitrogen and oxygen atoms in total. The van der Waals surface area contributed by atoms with Gasteiger partial charge in [-0.1, -0.05) is 218 Å². The van der Waals surface area contributed by atoms with E-state index in [0.29, 0.717) is 0 Å². The number of hydrogen-bond acceptors (Lipinski definition) is 0. The van der Waals surface area contributed by atoms with Gasteiger partial charge in [0, 0.05) is 0 Å². The fraction of sp³-hybridized carbons (Fsp3) is 0. The van der Waals surface area contributed by atoms with Gasteiger partial charge < -0.3 is 0 Å². The first-order chi connectivity index (χ1) is 27.8. The van der Waals surface area contributed by atoms with Gasteiger partial charge in [-0.3, -0.25) is 0 Å². The van der Waals surface area contributed by atoms with E-state index in [0.717, 1.165) is 0 Å². The van der Waals surface area contributed by atoms with Crippen molar-refractivity contribution in [3.05, 3.63) is 252 Å². The monoisotopic (exact) mass is 710 g/mol. The zero-order valence-electron chi connectivity index (χ0n) is 30.9. The van der Waals surface area contributed by atoms with Crippen molar-refractivity contribution in [2.75, 3.05) is 0 Å². The number of benzene rings is 10. The summed E-state index contributed by atoms with van der Waals surface area (Å²) in [4.78, 5) is 0. The quantitative estimate of drug-likeness (QED) is 0.114. The molecule has 0 unspecified atom stereocenters. The average Bonchev–Trinajstić information content (AvgIpc) is 3.28. The first-order valence-corrected chi connectivity index (χ1v) is 19.4. The van der Waals surface area contributed by atoms with Crippen molar-refractivity contribution in [1.82, 2.24) is 0 Å². The molecule has 10 aromatic carbocycles. The second-order valence-corrected chi connectivity index (χ2v) is 14.3. The minimum Gasteiger partial charge on any atom is -0.0622 e. The zero-order chi connectivity index (χ0) is 37.3. The van der Waals surface area contributed by atoms with Crippen LogP contribution in [0.25, 0.3) is 77.5 Å². The molecular weight excluding hydrogens is 673 g/mol. The summed E-state index contributed by atoms with van der Waals surface area (Å²) in [6, 6.07) is 79.1. The SMILES string of the molecule is C(=C(c1ccccc1)c1ccccc1)c1c2ccccc2c(-c2c3ccccc3c(C=C(c3ccccc3)c3ccccc3)c3ccccc23)c2ccccc12. The highest BCUT2D eigenvalue weighted by atomic mass is 14.2. The molecular formula is C56H38. The third-order valence-corrected chi connectivity index (χ3v) is 11.1. The summed E-state index contributed by atoms with van der Waals surface area (Å²) in [5.41, 5.74) is 12.2. The summed E-state index contributed by atoms with van der Waals surface area (Å²) < 4.78 is 0. The summed E-state index contributed by atoms with van der Waals surface area (Å²) in [6.45, 7) is 0. The Morgan fingerprint density at radius 3 is 0.643 bits per heavy atom. The lowest BCUT2D eigenvalue weighted by Crippen LogP contribution is -1.95. The van der Waals surface area contributed by atoms with Crippen LogP contribution in [0, 0.1) is 0 Å². The third-order valence-electron chi connectivity index (χ3n) is 11.1. The van der Waals surface area contributed by atoms with Gasteiger partial charge in [-0.25, -0.2) is 0 Å². The number of fused-ring (bicyclic) bond motifs is 4. The topological polar surface area (TPSA) is 0 Å². The highest BCUT2D eigenvalue weighted by molar-refractivity contribution is 6.27. The molecule has 0 aliphatic rings. The van der Waals surface area contributed by atoms with E-state index in [2.05, 4.69) is 231 Å². The minimum absolute atomic E-state index is 1.20. The fourth-order valence-electron chi connectivity index (χ4n) is 8.60. The molecule has 0 spiro atoms. The molecule has 0 aliphatic heterocycles. The molecule has 0 saturated heterocycles. The van der Waals surface area contributed by atoms with Gasteiger partial charge in [0.2, 0.25) is 0 Å².